The standard InChI is InChI=1S/C13H7F3N2O2S/c14-11-4-2-10(5-8(11)7-17)21(19,20)18-9-1-3-12(15)13(16)6-9/h1-6,18H. The average Bonchev–Trinajstić information content (AvgIpc) is 2.43. The summed E-state index contributed by atoms with van der Waals surface area (Å²) in [6, 6.07) is 6.61. The van der Waals surface area contributed by atoms with E-state index in [0.29, 0.717) is 6.07 Å². The molecule has 0 spiro atoms. The smallest absolute Gasteiger partial charge is 0.261 e. The Bertz CT molecular complexity index is 845. The number of halogens is 3. The monoisotopic (exact) mass is 312 g/mol. The molecule has 0 aliphatic carbocycles. The van der Waals surface area contributed by atoms with Crippen molar-refractivity contribution in [3.8, 4) is 6.07 Å². The van der Waals surface area contributed by atoms with E-state index in [1.807, 2.05) is 4.72 Å². The Balaban J connectivity index is 2.38. The average molecular weight is 312 g/mol. The van der Waals surface area contributed by atoms with Crippen molar-refractivity contribution in [2.75, 3.05) is 4.72 Å². The van der Waals surface area contributed by atoms with E-state index in [1.54, 1.807) is 0 Å². The molecule has 0 aliphatic rings. The van der Waals surface area contributed by atoms with Gasteiger partial charge in [-0.05, 0) is 30.3 Å². The zero-order valence-electron chi connectivity index (χ0n) is 10.3. The maximum atomic E-state index is 13.2. The third-order valence-electron chi connectivity index (χ3n) is 2.54. The molecule has 1 N–H and O–H groups in total. The quantitative estimate of drug-likeness (QED) is 0.947. The van der Waals surface area contributed by atoms with Crippen molar-refractivity contribution in [1.82, 2.24) is 0 Å². The fourth-order valence-corrected chi connectivity index (χ4v) is 2.61. The third kappa shape index (κ3) is 3.14. The molecular weight excluding hydrogens is 305 g/mol. The highest BCUT2D eigenvalue weighted by molar-refractivity contribution is 7.92. The maximum absolute atomic E-state index is 13.2. The van der Waals surface area contributed by atoms with Gasteiger partial charge >= 0.3 is 0 Å². The predicted molar refractivity (Wildman–Crippen MR) is 68.3 cm³/mol. The van der Waals surface area contributed by atoms with E-state index in [4.69, 9.17) is 5.26 Å². The van der Waals surface area contributed by atoms with Gasteiger partial charge in [0.05, 0.1) is 16.1 Å². The Kier molecular flexibility index (Phi) is 3.86. The largest absolute Gasteiger partial charge is 0.280 e. The van der Waals surface area contributed by atoms with Gasteiger partial charge in [0, 0.05) is 6.07 Å². The minimum Gasteiger partial charge on any atom is -0.280 e. The molecule has 8 heteroatoms. The van der Waals surface area contributed by atoms with Crippen molar-refractivity contribution < 1.29 is 21.6 Å². The molecule has 0 amide bonds. The SMILES string of the molecule is N#Cc1cc(S(=O)(=O)Nc2ccc(F)c(F)c2)ccc1F. The number of hydrogen-bond donors (Lipinski definition) is 1. The second-order valence-electron chi connectivity index (χ2n) is 3.99. The van der Waals surface area contributed by atoms with Crippen LogP contribution in [0.25, 0.3) is 0 Å². The number of sulfonamides is 1. The first kappa shape index (κ1) is 14.9. The van der Waals surface area contributed by atoms with Crippen LogP contribution in [-0.2, 0) is 10.0 Å². The molecule has 4 nitrogen and oxygen atoms in total. The van der Waals surface area contributed by atoms with Crippen molar-refractivity contribution in [3.05, 3.63) is 59.4 Å². The lowest BCUT2D eigenvalue weighted by molar-refractivity contribution is 0.509. The molecule has 0 atom stereocenters. The van der Waals surface area contributed by atoms with Gasteiger partial charge in [-0.25, -0.2) is 21.6 Å². The van der Waals surface area contributed by atoms with Crippen molar-refractivity contribution in [2.24, 2.45) is 0 Å². The van der Waals surface area contributed by atoms with E-state index in [1.165, 1.54) is 6.07 Å². The Morgan fingerprint density at radius 1 is 0.952 bits per heavy atom. The van der Waals surface area contributed by atoms with Gasteiger partial charge in [0.15, 0.2) is 11.6 Å². The molecular formula is C13H7F3N2O2S. The molecule has 2 aromatic rings. The number of benzene rings is 2. The number of rotatable bonds is 3. The van der Waals surface area contributed by atoms with Crippen LogP contribution in [0, 0.1) is 28.8 Å². The first-order valence-electron chi connectivity index (χ1n) is 5.51. The van der Waals surface area contributed by atoms with Crippen LogP contribution < -0.4 is 4.72 Å². The van der Waals surface area contributed by atoms with E-state index < -0.39 is 33.0 Å². The molecule has 0 heterocycles. The molecule has 0 saturated carbocycles. The molecule has 21 heavy (non-hydrogen) atoms. The molecule has 2 aromatic carbocycles. The van der Waals surface area contributed by atoms with Gasteiger partial charge in [0.25, 0.3) is 10.0 Å². The van der Waals surface area contributed by atoms with Crippen LogP contribution in [0.3, 0.4) is 0 Å². The summed E-state index contributed by atoms with van der Waals surface area (Å²) in [5.41, 5.74) is -0.639. The van der Waals surface area contributed by atoms with Crippen LogP contribution in [0.5, 0.6) is 0 Å². The summed E-state index contributed by atoms with van der Waals surface area (Å²) in [6.07, 6.45) is 0. The van der Waals surface area contributed by atoms with Crippen molar-refractivity contribution in [2.45, 2.75) is 4.90 Å². The molecule has 0 saturated heterocycles. The molecule has 0 bridgehead atoms. The number of nitrogens with zero attached hydrogens (tertiary/aromatic N) is 1. The van der Waals surface area contributed by atoms with Crippen molar-refractivity contribution in [1.29, 1.82) is 5.26 Å². The van der Waals surface area contributed by atoms with E-state index in [2.05, 4.69) is 0 Å². The Morgan fingerprint density at radius 2 is 1.62 bits per heavy atom. The number of nitriles is 1. The van der Waals surface area contributed by atoms with Gasteiger partial charge in [-0.15, -0.1) is 0 Å². The maximum Gasteiger partial charge on any atom is 0.261 e. The number of hydrogen-bond acceptors (Lipinski definition) is 3. The summed E-state index contributed by atoms with van der Waals surface area (Å²) < 4.78 is 65.0. The van der Waals surface area contributed by atoms with Crippen LogP contribution >= 0.6 is 0 Å². The normalized spacial score (nSPS) is 11.0. The van der Waals surface area contributed by atoms with Gasteiger partial charge in [-0.2, -0.15) is 5.26 Å². The zero-order valence-corrected chi connectivity index (χ0v) is 11.1. The second kappa shape index (κ2) is 5.46. The van der Waals surface area contributed by atoms with Gasteiger partial charge in [0.1, 0.15) is 11.9 Å². The minimum atomic E-state index is -4.15. The summed E-state index contributed by atoms with van der Waals surface area (Å²) >= 11 is 0. The Morgan fingerprint density at radius 3 is 2.24 bits per heavy atom. The second-order valence-corrected chi connectivity index (χ2v) is 5.67. The molecule has 108 valence electrons. The first-order valence-corrected chi connectivity index (χ1v) is 6.99. The summed E-state index contributed by atoms with van der Waals surface area (Å²) in [7, 11) is -4.15. The number of nitrogens with one attached hydrogen (secondary N) is 1. The minimum absolute atomic E-state index is 0.197. The van der Waals surface area contributed by atoms with Gasteiger partial charge < -0.3 is 0 Å². The highest BCUT2D eigenvalue weighted by Crippen LogP contribution is 2.20. The lowest BCUT2D eigenvalue weighted by Crippen LogP contribution is -2.13. The van der Waals surface area contributed by atoms with E-state index >= 15 is 0 Å². The summed E-state index contributed by atoms with van der Waals surface area (Å²) in [5.74, 6) is -3.19. The van der Waals surface area contributed by atoms with Crippen LogP contribution in [-0.4, -0.2) is 8.42 Å². The summed E-state index contributed by atoms with van der Waals surface area (Å²) in [4.78, 5) is -0.370. The van der Waals surface area contributed by atoms with Crippen LogP contribution in [0.1, 0.15) is 5.56 Å². The van der Waals surface area contributed by atoms with E-state index in [9.17, 15) is 21.6 Å². The fourth-order valence-electron chi connectivity index (χ4n) is 1.53. The predicted octanol–water partition coefficient (Wildman–Crippen LogP) is 2.78. The topological polar surface area (TPSA) is 70.0 Å². The fraction of sp³-hybridized carbons (Fsp3) is 0. The van der Waals surface area contributed by atoms with E-state index in [-0.39, 0.29) is 10.6 Å². The molecule has 0 radical (unpaired) electrons. The number of anilines is 1. The molecule has 0 fully saturated rings. The Hall–Kier alpha value is -2.53. The van der Waals surface area contributed by atoms with Crippen molar-refractivity contribution >= 4 is 15.7 Å². The van der Waals surface area contributed by atoms with Crippen molar-refractivity contribution in [3.63, 3.8) is 0 Å². The molecule has 0 aromatic heterocycles. The highest BCUT2D eigenvalue weighted by atomic mass is 32.2. The van der Waals surface area contributed by atoms with E-state index in [0.717, 1.165) is 30.3 Å². The third-order valence-corrected chi connectivity index (χ3v) is 3.92. The van der Waals surface area contributed by atoms with Gasteiger partial charge in [0.2, 0.25) is 0 Å². The molecule has 0 aliphatic heterocycles. The highest BCUT2D eigenvalue weighted by Gasteiger charge is 2.17. The summed E-state index contributed by atoms with van der Waals surface area (Å²) in [6.45, 7) is 0. The zero-order chi connectivity index (χ0) is 15.6. The van der Waals surface area contributed by atoms with Crippen LogP contribution in [0.2, 0.25) is 0 Å². The van der Waals surface area contributed by atoms with Crippen LogP contribution in [0.15, 0.2) is 41.3 Å². The lowest BCUT2D eigenvalue weighted by atomic mass is 10.2. The molecule has 2 rings (SSSR count). The summed E-state index contributed by atoms with van der Waals surface area (Å²) in [5, 5.41) is 8.67. The van der Waals surface area contributed by atoms with Crippen LogP contribution in [0.4, 0.5) is 18.9 Å². The molecule has 0 unspecified atom stereocenters. The van der Waals surface area contributed by atoms with Gasteiger partial charge in [-0.1, -0.05) is 0 Å². The van der Waals surface area contributed by atoms with Gasteiger partial charge in [-0.3, -0.25) is 4.72 Å². The first-order chi connectivity index (χ1) is 9.83. The Labute approximate surface area is 118 Å². The lowest BCUT2D eigenvalue weighted by Gasteiger charge is -2.08.